The molecule has 1 fully saturated rings. The highest BCUT2D eigenvalue weighted by molar-refractivity contribution is 7.89. The van der Waals surface area contributed by atoms with Crippen molar-refractivity contribution in [2.75, 3.05) is 12.3 Å². The summed E-state index contributed by atoms with van der Waals surface area (Å²) in [4.78, 5) is 48.2. The number of hydrogen-bond acceptors (Lipinski definition) is 8. The van der Waals surface area contributed by atoms with Crippen molar-refractivity contribution in [1.29, 1.82) is 0 Å². The molecule has 0 radical (unpaired) electrons. The second kappa shape index (κ2) is 19.3. The molecule has 3 rings (SSSR count). The molecule has 274 valence electrons. The Kier molecular flexibility index (Phi) is 15.9. The van der Waals surface area contributed by atoms with Gasteiger partial charge in [0, 0.05) is 43.3 Å². The number of Topliss-reactive ketones (excluding diaryl/α,β-unsaturated/α-hetero) is 1. The summed E-state index contributed by atoms with van der Waals surface area (Å²) in [6, 6.07) is 7.61. The summed E-state index contributed by atoms with van der Waals surface area (Å²) in [6.07, 6.45) is 7.05. The van der Waals surface area contributed by atoms with Gasteiger partial charge in [-0.05, 0) is 30.7 Å². The maximum Gasteiger partial charge on any atom is 0.243 e. The summed E-state index contributed by atoms with van der Waals surface area (Å²) in [6.45, 7) is 6.94. The van der Waals surface area contributed by atoms with Crippen molar-refractivity contribution in [3.63, 3.8) is 0 Å². The number of aromatic amines is 1. The molecule has 13 heteroatoms. The number of aromatic nitrogens is 2. The number of hydrogen-bond donors (Lipinski definition) is 6. The van der Waals surface area contributed by atoms with Crippen LogP contribution in [0.1, 0.15) is 96.7 Å². The van der Waals surface area contributed by atoms with E-state index >= 15 is 0 Å². The van der Waals surface area contributed by atoms with E-state index in [0.717, 1.165) is 37.7 Å². The molecule has 0 aliphatic heterocycles. The van der Waals surface area contributed by atoms with Crippen LogP contribution >= 0.6 is 0 Å². The molecule has 12 nitrogen and oxygen atoms in total. The van der Waals surface area contributed by atoms with Gasteiger partial charge in [-0.1, -0.05) is 90.1 Å². The number of nitrogens with one attached hydrogen (secondary N) is 4. The van der Waals surface area contributed by atoms with E-state index in [-0.39, 0.29) is 43.3 Å². The number of amides is 2. The molecule has 0 bridgehead atoms. The van der Waals surface area contributed by atoms with Gasteiger partial charge in [-0.25, -0.2) is 18.1 Å². The molecule has 1 aliphatic carbocycles. The third kappa shape index (κ3) is 14.3. The molecule has 1 aromatic carbocycles. The second-order valence-corrected chi connectivity index (χ2v) is 16.5. The van der Waals surface area contributed by atoms with Crippen molar-refractivity contribution in [3.05, 3.63) is 54.1 Å². The third-order valence-electron chi connectivity index (χ3n) is 9.19. The van der Waals surface area contributed by atoms with E-state index < -0.39 is 57.5 Å². The molecule has 0 saturated heterocycles. The van der Waals surface area contributed by atoms with Crippen molar-refractivity contribution in [1.82, 2.24) is 25.3 Å². The van der Waals surface area contributed by atoms with Gasteiger partial charge in [0.2, 0.25) is 21.8 Å². The van der Waals surface area contributed by atoms with E-state index in [4.69, 9.17) is 0 Å². The minimum Gasteiger partial charge on any atom is -0.392 e. The van der Waals surface area contributed by atoms with Gasteiger partial charge in [-0.15, -0.1) is 0 Å². The largest absolute Gasteiger partial charge is 0.392 e. The van der Waals surface area contributed by atoms with Gasteiger partial charge in [0.15, 0.2) is 0 Å². The first-order valence-corrected chi connectivity index (χ1v) is 19.3. The molecule has 2 amide bonds. The number of carbonyl (C=O) groups is 3. The molecular weight excluding hydrogens is 646 g/mol. The third-order valence-corrected chi connectivity index (χ3v) is 10.7. The van der Waals surface area contributed by atoms with E-state index in [1.165, 1.54) is 6.33 Å². The molecule has 1 saturated carbocycles. The van der Waals surface area contributed by atoms with Crippen LogP contribution < -0.4 is 15.4 Å². The number of ketones is 1. The number of imidazole rings is 1. The predicted octanol–water partition coefficient (Wildman–Crippen LogP) is 3.20. The smallest absolute Gasteiger partial charge is 0.243 e. The number of sulfonamides is 1. The number of carbonyl (C=O) groups excluding carboxylic acids is 3. The summed E-state index contributed by atoms with van der Waals surface area (Å²) in [7, 11) is -3.55. The standard InChI is InChI=1S/C36H57N5O7S/c1-5-16-49(47,48)39-23-29(42)21-32(43)30(18-26-14-10-7-11-15-26)40-35(46)31(20-28-22-37-24-38-28)41-34(45)27(19-33(44)36(2,3)4)17-25-12-8-6-9-13-25/h6,8-9,12-13,22,24,26-27,29-32,39,42-43H,5,7,10-11,14-21,23H2,1-4H3,(H,37,38)(H,40,46)(H,41,45)/t27?,29-,30+,31?,32+/m1/s1. The van der Waals surface area contributed by atoms with E-state index in [1.54, 1.807) is 13.1 Å². The first kappa shape index (κ1) is 40.3. The molecule has 1 heterocycles. The van der Waals surface area contributed by atoms with Crippen molar-refractivity contribution in [2.45, 2.75) is 123 Å². The molecule has 1 aromatic heterocycles. The fraction of sp³-hybridized carbons (Fsp3) is 0.667. The minimum absolute atomic E-state index is 0.00386. The zero-order valence-electron chi connectivity index (χ0n) is 29.5. The van der Waals surface area contributed by atoms with Crippen LogP contribution in [-0.2, 0) is 37.2 Å². The summed E-state index contributed by atoms with van der Waals surface area (Å²) in [5, 5.41) is 27.9. The van der Waals surface area contributed by atoms with Gasteiger partial charge in [-0.3, -0.25) is 14.4 Å². The fourth-order valence-electron chi connectivity index (χ4n) is 6.26. The summed E-state index contributed by atoms with van der Waals surface area (Å²) in [5.74, 6) is -1.55. The van der Waals surface area contributed by atoms with E-state index in [2.05, 4.69) is 25.3 Å². The average molecular weight is 704 g/mol. The lowest BCUT2D eigenvalue weighted by molar-refractivity contribution is -0.135. The van der Waals surface area contributed by atoms with Crippen LogP contribution in [0.4, 0.5) is 0 Å². The maximum atomic E-state index is 14.0. The fourth-order valence-corrected chi connectivity index (χ4v) is 7.39. The lowest BCUT2D eigenvalue weighted by atomic mass is 9.82. The second-order valence-electron chi connectivity index (χ2n) is 14.6. The van der Waals surface area contributed by atoms with Crippen LogP contribution in [0.25, 0.3) is 0 Å². The first-order valence-electron chi connectivity index (χ1n) is 17.7. The molecule has 1 aliphatic rings. The highest BCUT2D eigenvalue weighted by atomic mass is 32.2. The molecule has 2 aromatic rings. The van der Waals surface area contributed by atoms with Crippen LogP contribution in [0.3, 0.4) is 0 Å². The molecule has 0 spiro atoms. The Hall–Kier alpha value is -3.13. The molecule has 49 heavy (non-hydrogen) atoms. The number of H-pyrrole nitrogens is 1. The normalized spacial score (nSPS) is 17.4. The Bertz CT molecular complexity index is 1410. The predicted molar refractivity (Wildman–Crippen MR) is 189 cm³/mol. The topological polar surface area (TPSA) is 191 Å². The van der Waals surface area contributed by atoms with E-state index in [0.29, 0.717) is 25.0 Å². The quantitative estimate of drug-likeness (QED) is 0.121. The van der Waals surface area contributed by atoms with E-state index in [9.17, 15) is 33.0 Å². The number of nitrogens with zero attached hydrogens (tertiary/aromatic N) is 1. The van der Waals surface area contributed by atoms with Crippen molar-refractivity contribution in [3.8, 4) is 0 Å². The number of aliphatic hydroxyl groups is 2. The zero-order valence-corrected chi connectivity index (χ0v) is 30.3. The van der Waals surface area contributed by atoms with Crippen LogP contribution in [0.15, 0.2) is 42.9 Å². The highest BCUT2D eigenvalue weighted by Crippen LogP contribution is 2.29. The first-order chi connectivity index (χ1) is 23.2. The summed E-state index contributed by atoms with van der Waals surface area (Å²) in [5.41, 5.74) is 0.790. The van der Waals surface area contributed by atoms with Crippen molar-refractivity contribution in [2.24, 2.45) is 17.3 Å². The Balaban J connectivity index is 1.81. The van der Waals surface area contributed by atoms with Crippen LogP contribution in [-0.4, -0.2) is 82.8 Å². The van der Waals surface area contributed by atoms with Crippen molar-refractivity contribution < 1.29 is 33.0 Å². The Labute approximate surface area is 291 Å². The van der Waals surface area contributed by atoms with Gasteiger partial charge < -0.3 is 25.8 Å². The Morgan fingerprint density at radius 1 is 1.00 bits per heavy atom. The molecule has 2 unspecified atom stereocenters. The molecule has 5 atom stereocenters. The Morgan fingerprint density at radius 2 is 1.69 bits per heavy atom. The lowest BCUT2D eigenvalue weighted by Crippen LogP contribution is -2.55. The van der Waals surface area contributed by atoms with Gasteiger partial charge in [0.05, 0.1) is 36.0 Å². The average Bonchev–Trinajstić information content (AvgIpc) is 3.56. The van der Waals surface area contributed by atoms with Crippen LogP contribution in [0.2, 0.25) is 0 Å². The molecule has 6 N–H and O–H groups in total. The number of aliphatic hydroxyl groups excluding tert-OH is 2. The lowest BCUT2D eigenvalue weighted by Gasteiger charge is -2.32. The van der Waals surface area contributed by atoms with E-state index in [1.807, 2.05) is 51.1 Å². The van der Waals surface area contributed by atoms with Crippen molar-refractivity contribution >= 4 is 27.6 Å². The van der Waals surface area contributed by atoms with Gasteiger partial charge >= 0.3 is 0 Å². The monoisotopic (exact) mass is 703 g/mol. The number of rotatable bonds is 20. The van der Waals surface area contributed by atoms with Gasteiger partial charge in [-0.2, -0.15) is 0 Å². The minimum atomic E-state index is -3.55. The van der Waals surface area contributed by atoms with Crippen LogP contribution in [0.5, 0.6) is 0 Å². The summed E-state index contributed by atoms with van der Waals surface area (Å²) >= 11 is 0. The zero-order chi connectivity index (χ0) is 36.0. The Morgan fingerprint density at radius 3 is 2.31 bits per heavy atom. The summed E-state index contributed by atoms with van der Waals surface area (Å²) < 4.78 is 26.6. The SMILES string of the molecule is CCCS(=O)(=O)NC[C@H](O)C[C@H](O)[C@H](CC1CCCCC1)NC(=O)C(Cc1c[nH]cn1)NC(=O)C(CC(=O)C(C)(C)C)Cc1ccccc1. The maximum absolute atomic E-state index is 14.0. The molecular formula is C36H57N5O7S. The van der Waals surface area contributed by atoms with Crippen LogP contribution in [0, 0.1) is 17.3 Å². The van der Waals surface area contributed by atoms with Gasteiger partial charge in [0.25, 0.3) is 0 Å². The number of benzene rings is 1. The van der Waals surface area contributed by atoms with Gasteiger partial charge in [0.1, 0.15) is 11.8 Å². The highest BCUT2D eigenvalue weighted by Gasteiger charge is 2.34.